The molecule has 3 nitrogen and oxygen atoms in total. The second-order valence-corrected chi connectivity index (χ2v) is 5.33. The molecule has 0 fully saturated rings. The molecule has 0 aliphatic carbocycles. The fourth-order valence-corrected chi connectivity index (χ4v) is 2.20. The van der Waals surface area contributed by atoms with Crippen LogP contribution in [0.4, 0.5) is 5.69 Å². The maximum Gasteiger partial charge on any atom is 0.328 e. The lowest BCUT2D eigenvalue weighted by molar-refractivity contribution is -0.141. The Morgan fingerprint density at radius 1 is 1.15 bits per heavy atom. The molecule has 0 saturated heterocycles. The Morgan fingerprint density at radius 3 is 2.40 bits per heavy atom. The minimum absolute atomic E-state index is 0.267. The average Bonchev–Trinajstić information content (AvgIpc) is 2.49. The van der Waals surface area contributed by atoms with Crippen LogP contribution in [0.3, 0.4) is 0 Å². The average molecular weight is 334 g/mol. The Hall–Kier alpha value is -1.81. The molecular formula is C16H16BrNO2. The highest BCUT2D eigenvalue weighted by Crippen LogP contribution is 2.16. The van der Waals surface area contributed by atoms with Crippen LogP contribution < -0.4 is 5.32 Å². The third kappa shape index (κ3) is 4.10. The van der Waals surface area contributed by atoms with Gasteiger partial charge in [0.25, 0.3) is 0 Å². The van der Waals surface area contributed by atoms with Gasteiger partial charge in [-0.2, -0.15) is 0 Å². The number of ether oxygens (including phenoxy) is 1. The van der Waals surface area contributed by atoms with Crippen LogP contribution in [-0.2, 0) is 16.0 Å². The summed E-state index contributed by atoms with van der Waals surface area (Å²) in [6.07, 6.45) is 0.587. The van der Waals surface area contributed by atoms with Gasteiger partial charge in [0.05, 0.1) is 7.11 Å². The minimum atomic E-state index is -0.399. The van der Waals surface area contributed by atoms with Gasteiger partial charge in [-0.3, -0.25) is 0 Å². The topological polar surface area (TPSA) is 38.3 Å². The molecule has 0 spiro atoms. The van der Waals surface area contributed by atoms with Crippen LogP contribution in [0.15, 0.2) is 59.1 Å². The molecule has 0 heterocycles. The predicted octanol–water partition coefficient (Wildman–Crippen LogP) is 3.65. The van der Waals surface area contributed by atoms with Crippen LogP contribution in [0.5, 0.6) is 0 Å². The van der Waals surface area contributed by atoms with Crippen molar-refractivity contribution >= 4 is 27.6 Å². The molecule has 0 saturated carbocycles. The quantitative estimate of drug-likeness (QED) is 0.849. The molecule has 1 atom stereocenters. The first-order valence-electron chi connectivity index (χ1n) is 6.33. The predicted molar refractivity (Wildman–Crippen MR) is 83.7 cm³/mol. The van der Waals surface area contributed by atoms with Crippen LogP contribution in [0.25, 0.3) is 0 Å². The van der Waals surface area contributed by atoms with Gasteiger partial charge < -0.3 is 10.1 Å². The molecule has 2 aromatic carbocycles. The Bertz CT molecular complexity index is 554. The Morgan fingerprint density at radius 2 is 1.80 bits per heavy atom. The zero-order chi connectivity index (χ0) is 14.4. The van der Waals surface area contributed by atoms with Crippen LogP contribution in [0.2, 0.25) is 0 Å². The summed E-state index contributed by atoms with van der Waals surface area (Å²) >= 11 is 3.39. The third-order valence-electron chi connectivity index (χ3n) is 2.95. The summed E-state index contributed by atoms with van der Waals surface area (Å²) in [6, 6.07) is 17.2. The number of methoxy groups -OCH3 is 1. The highest BCUT2D eigenvalue weighted by molar-refractivity contribution is 9.10. The first-order valence-corrected chi connectivity index (χ1v) is 7.12. The van der Waals surface area contributed by atoms with Crippen molar-refractivity contribution in [3.8, 4) is 0 Å². The number of benzene rings is 2. The van der Waals surface area contributed by atoms with Crippen molar-refractivity contribution in [1.82, 2.24) is 0 Å². The number of rotatable bonds is 5. The number of anilines is 1. The SMILES string of the molecule is COC(=O)C(Cc1ccccc1)Nc1ccc(Br)cc1. The van der Waals surface area contributed by atoms with E-state index in [-0.39, 0.29) is 5.97 Å². The van der Waals surface area contributed by atoms with Crippen molar-refractivity contribution in [3.63, 3.8) is 0 Å². The maximum absolute atomic E-state index is 11.9. The van der Waals surface area contributed by atoms with E-state index in [0.29, 0.717) is 6.42 Å². The largest absolute Gasteiger partial charge is 0.467 e. The van der Waals surface area contributed by atoms with Gasteiger partial charge in [-0.15, -0.1) is 0 Å². The van der Waals surface area contributed by atoms with E-state index in [9.17, 15) is 4.79 Å². The number of hydrogen-bond acceptors (Lipinski definition) is 3. The maximum atomic E-state index is 11.9. The van der Waals surface area contributed by atoms with Gasteiger partial charge in [-0.05, 0) is 29.8 Å². The van der Waals surface area contributed by atoms with Gasteiger partial charge in [0.1, 0.15) is 6.04 Å². The van der Waals surface area contributed by atoms with Gasteiger partial charge in [-0.1, -0.05) is 46.3 Å². The smallest absolute Gasteiger partial charge is 0.328 e. The van der Waals surface area contributed by atoms with Crippen molar-refractivity contribution in [1.29, 1.82) is 0 Å². The van der Waals surface area contributed by atoms with Crippen LogP contribution in [0.1, 0.15) is 5.56 Å². The van der Waals surface area contributed by atoms with E-state index in [4.69, 9.17) is 4.74 Å². The van der Waals surface area contributed by atoms with Crippen LogP contribution in [-0.4, -0.2) is 19.1 Å². The van der Waals surface area contributed by atoms with E-state index in [2.05, 4.69) is 21.2 Å². The summed E-state index contributed by atoms with van der Waals surface area (Å²) in [4.78, 5) is 11.9. The summed E-state index contributed by atoms with van der Waals surface area (Å²) in [5.41, 5.74) is 1.98. The molecular weight excluding hydrogens is 318 g/mol. The van der Waals surface area contributed by atoms with Gasteiger partial charge >= 0.3 is 5.97 Å². The minimum Gasteiger partial charge on any atom is -0.467 e. The normalized spacial score (nSPS) is 11.7. The molecule has 2 rings (SSSR count). The van der Waals surface area contributed by atoms with Gasteiger partial charge in [0, 0.05) is 16.6 Å². The zero-order valence-electron chi connectivity index (χ0n) is 11.2. The lowest BCUT2D eigenvalue weighted by Crippen LogP contribution is -2.32. The first-order chi connectivity index (χ1) is 9.69. The number of carbonyl (C=O) groups excluding carboxylic acids is 1. The van der Waals surface area contributed by atoms with Crippen molar-refractivity contribution in [2.75, 3.05) is 12.4 Å². The molecule has 0 aliphatic heterocycles. The first kappa shape index (κ1) is 14.6. The van der Waals surface area contributed by atoms with Crippen molar-refractivity contribution < 1.29 is 9.53 Å². The van der Waals surface area contributed by atoms with E-state index in [1.807, 2.05) is 54.6 Å². The molecule has 0 bridgehead atoms. The molecule has 20 heavy (non-hydrogen) atoms. The highest BCUT2D eigenvalue weighted by atomic mass is 79.9. The van der Waals surface area contributed by atoms with Crippen molar-refractivity contribution in [3.05, 3.63) is 64.6 Å². The monoisotopic (exact) mass is 333 g/mol. The summed E-state index contributed by atoms with van der Waals surface area (Å²) < 4.78 is 5.87. The summed E-state index contributed by atoms with van der Waals surface area (Å²) in [6.45, 7) is 0. The standard InChI is InChI=1S/C16H16BrNO2/c1-20-16(19)15(11-12-5-3-2-4-6-12)18-14-9-7-13(17)8-10-14/h2-10,15,18H,11H2,1H3. The number of hydrogen-bond donors (Lipinski definition) is 1. The van der Waals surface area contributed by atoms with Crippen molar-refractivity contribution in [2.24, 2.45) is 0 Å². The molecule has 0 aliphatic rings. The van der Waals surface area contributed by atoms with E-state index in [1.165, 1.54) is 7.11 Å². The molecule has 0 radical (unpaired) electrons. The van der Waals surface area contributed by atoms with Gasteiger partial charge in [-0.25, -0.2) is 4.79 Å². The molecule has 1 unspecified atom stereocenters. The van der Waals surface area contributed by atoms with Gasteiger partial charge in [0.15, 0.2) is 0 Å². The summed E-state index contributed by atoms with van der Waals surface area (Å²) in [5, 5.41) is 3.21. The summed E-state index contributed by atoms with van der Waals surface area (Å²) in [7, 11) is 1.41. The third-order valence-corrected chi connectivity index (χ3v) is 3.48. The fraction of sp³-hybridized carbons (Fsp3) is 0.188. The van der Waals surface area contributed by atoms with E-state index in [0.717, 1.165) is 15.7 Å². The molecule has 1 N–H and O–H groups in total. The lowest BCUT2D eigenvalue weighted by atomic mass is 10.1. The second-order valence-electron chi connectivity index (χ2n) is 4.42. The number of esters is 1. The fourth-order valence-electron chi connectivity index (χ4n) is 1.93. The zero-order valence-corrected chi connectivity index (χ0v) is 12.8. The van der Waals surface area contributed by atoms with Crippen LogP contribution >= 0.6 is 15.9 Å². The van der Waals surface area contributed by atoms with E-state index in [1.54, 1.807) is 0 Å². The van der Waals surface area contributed by atoms with E-state index < -0.39 is 6.04 Å². The molecule has 0 aromatic heterocycles. The summed E-state index contributed by atoms with van der Waals surface area (Å²) in [5.74, 6) is -0.267. The lowest BCUT2D eigenvalue weighted by Gasteiger charge is -2.17. The molecule has 4 heteroatoms. The second kappa shape index (κ2) is 7.10. The Balaban J connectivity index is 2.11. The Kier molecular flexibility index (Phi) is 5.18. The van der Waals surface area contributed by atoms with Crippen LogP contribution in [0, 0.1) is 0 Å². The highest BCUT2D eigenvalue weighted by Gasteiger charge is 2.19. The van der Waals surface area contributed by atoms with Crippen molar-refractivity contribution in [2.45, 2.75) is 12.5 Å². The number of carbonyl (C=O) groups is 1. The van der Waals surface area contributed by atoms with Gasteiger partial charge in [0.2, 0.25) is 0 Å². The molecule has 0 amide bonds. The molecule has 104 valence electrons. The molecule has 2 aromatic rings. The van der Waals surface area contributed by atoms with E-state index >= 15 is 0 Å². The number of nitrogens with one attached hydrogen (secondary N) is 1. The Labute approximate surface area is 127 Å². The number of halogens is 1.